The second-order valence-corrected chi connectivity index (χ2v) is 26.3. The van der Waals surface area contributed by atoms with Crippen molar-refractivity contribution in [3.63, 3.8) is 0 Å². The first-order valence-corrected chi connectivity index (χ1v) is 29.6. The summed E-state index contributed by atoms with van der Waals surface area (Å²) in [6.45, 7) is 13.9. The molecule has 26 nitrogen and oxygen atoms in total. The molecule has 0 amide bonds. The molecule has 6 heterocycles. The summed E-state index contributed by atoms with van der Waals surface area (Å²) in [5, 5.41) is 68.2. The van der Waals surface area contributed by atoms with Crippen molar-refractivity contribution >= 4 is 23.5 Å². The lowest BCUT2D eigenvalue weighted by molar-refractivity contribution is -0.359. The molecular weight excluding hydrogens is 1130 g/mol. The Labute approximate surface area is 499 Å². The number of phenolic OH excluding ortho intramolecular Hbond substituents is 2. The number of nitrogens with zero attached hydrogens (tertiary/aromatic N) is 2. The van der Waals surface area contributed by atoms with Gasteiger partial charge in [-0.05, 0) is 89.6 Å². The van der Waals surface area contributed by atoms with E-state index in [2.05, 4.69) is 0 Å². The summed E-state index contributed by atoms with van der Waals surface area (Å²) in [5.74, 6) is -4.78. The highest BCUT2D eigenvalue weighted by atomic mass is 16.8. The van der Waals surface area contributed by atoms with Gasteiger partial charge < -0.3 is 109 Å². The van der Waals surface area contributed by atoms with Gasteiger partial charge in [0.15, 0.2) is 37.0 Å². The Kier molecular flexibility index (Phi) is 17.7. The van der Waals surface area contributed by atoms with Crippen LogP contribution in [0.2, 0.25) is 0 Å². The smallest absolute Gasteiger partial charge is 0.306 e. The largest absolute Gasteiger partial charge is 0.507 e. The predicted molar refractivity (Wildman–Crippen MR) is 299 cm³/mol. The number of hydrogen-bond acceptors (Lipinski definition) is 25. The Bertz CT molecular complexity index is 2940. The lowest BCUT2D eigenvalue weighted by atomic mass is 9.72. The van der Waals surface area contributed by atoms with E-state index in [-0.39, 0.29) is 91.0 Å². The second-order valence-electron chi connectivity index (χ2n) is 26.3. The first-order valence-electron chi connectivity index (χ1n) is 29.6. The highest BCUT2D eigenvalue weighted by Gasteiger charge is 2.62. The third kappa shape index (κ3) is 11.7. The molecule has 0 aromatic heterocycles. The maximum Gasteiger partial charge on any atom is 0.306 e. The molecule has 2 bridgehead atoms. The lowest BCUT2D eigenvalue weighted by Gasteiger charge is -2.56. The number of likely N-dealkylation sites (N-methyl/N-ethyl adjacent to an activating group) is 2. The van der Waals surface area contributed by atoms with E-state index in [0.717, 1.165) is 0 Å². The van der Waals surface area contributed by atoms with Crippen LogP contribution in [-0.2, 0) is 73.7 Å². The van der Waals surface area contributed by atoms with Gasteiger partial charge in [0.25, 0.3) is 0 Å². The summed E-state index contributed by atoms with van der Waals surface area (Å²) in [4.78, 5) is 57.2. The maximum atomic E-state index is 15.2. The number of rotatable bonds is 15. The number of carbonyl (C=O) groups excluding carboxylic acids is 3. The van der Waals surface area contributed by atoms with Gasteiger partial charge in [-0.15, -0.1) is 0 Å². The third-order valence-corrected chi connectivity index (χ3v) is 18.8. The number of aromatic hydroxyl groups is 2. The van der Waals surface area contributed by atoms with E-state index in [1.54, 1.807) is 66.6 Å². The van der Waals surface area contributed by atoms with Gasteiger partial charge in [-0.1, -0.05) is 6.07 Å². The molecule has 5 fully saturated rings. The van der Waals surface area contributed by atoms with Crippen LogP contribution in [0.25, 0.3) is 0 Å². The molecule has 478 valence electrons. The number of aliphatic hydroxyl groups is 3. The molecule has 86 heavy (non-hydrogen) atoms. The van der Waals surface area contributed by atoms with Gasteiger partial charge in [0.05, 0.1) is 77.8 Å². The molecule has 2 aromatic carbocycles. The number of esters is 1. The van der Waals surface area contributed by atoms with Crippen molar-refractivity contribution in [3.05, 3.63) is 51.1 Å². The summed E-state index contributed by atoms with van der Waals surface area (Å²) in [5.41, 5.74) is 7.95. The van der Waals surface area contributed by atoms with E-state index in [1.165, 1.54) is 20.1 Å². The summed E-state index contributed by atoms with van der Waals surface area (Å²) >= 11 is 0. The van der Waals surface area contributed by atoms with Crippen LogP contribution in [0.5, 0.6) is 17.2 Å². The van der Waals surface area contributed by atoms with Crippen molar-refractivity contribution in [3.8, 4) is 17.2 Å². The molecule has 5 saturated heterocycles. The summed E-state index contributed by atoms with van der Waals surface area (Å²) in [6, 6.07) is 1.81. The van der Waals surface area contributed by atoms with Gasteiger partial charge in [-0.25, -0.2) is 0 Å². The van der Waals surface area contributed by atoms with Crippen LogP contribution in [0.1, 0.15) is 155 Å². The Hall–Kier alpha value is -4.56. The molecule has 23 atom stereocenters. The van der Waals surface area contributed by atoms with Crippen molar-refractivity contribution in [1.29, 1.82) is 0 Å². The summed E-state index contributed by atoms with van der Waals surface area (Å²) in [7, 11) is 8.63. The molecule has 2 aromatic rings. The number of benzene rings is 2. The number of aliphatic carboxylic acids is 1. The van der Waals surface area contributed by atoms with E-state index < -0.39 is 179 Å². The van der Waals surface area contributed by atoms with Crippen LogP contribution in [0.4, 0.5) is 0 Å². The third-order valence-electron chi connectivity index (χ3n) is 18.8. The Morgan fingerprint density at radius 1 is 0.698 bits per heavy atom. The first kappa shape index (κ1) is 64.4. The Morgan fingerprint density at radius 2 is 1.27 bits per heavy atom. The van der Waals surface area contributed by atoms with Crippen molar-refractivity contribution in [2.75, 3.05) is 35.3 Å². The molecule has 0 spiro atoms. The van der Waals surface area contributed by atoms with E-state index in [1.807, 2.05) is 25.9 Å². The number of carboxylic acids is 1. The number of ether oxygens (including phenoxy) is 12. The number of phenols is 2. The zero-order chi connectivity index (χ0) is 62.8. The molecule has 26 heteroatoms. The van der Waals surface area contributed by atoms with Gasteiger partial charge in [-0.3, -0.25) is 19.2 Å². The normalized spacial score (nSPS) is 42.1. The second kappa shape index (κ2) is 23.7. The molecule has 10 N–H and O–H groups in total. The number of carboxylic acid groups (broad SMARTS) is 1. The average Bonchev–Trinajstić information content (AvgIpc) is 0.766. The number of fused-ring (bicyclic) bond motifs is 8. The van der Waals surface area contributed by atoms with Crippen molar-refractivity contribution in [2.45, 2.75) is 246 Å². The van der Waals surface area contributed by atoms with E-state index in [4.69, 9.17) is 73.4 Å². The molecule has 7 unspecified atom stereocenters. The highest BCUT2D eigenvalue weighted by Crippen LogP contribution is 2.56. The fourth-order valence-corrected chi connectivity index (χ4v) is 14.5. The minimum Gasteiger partial charge on any atom is -0.507 e. The number of aliphatic hydroxyl groups excluding tert-OH is 2. The monoisotopic (exact) mass is 1210 g/mol. The van der Waals surface area contributed by atoms with Crippen LogP contribution in [0.15, 0.2) is 12.1 Å². The van der Waals surface area contributed by atoms with E-state index >= 15 is 4.79 Å². The number of hydrogen-bond donors (Lipinski definition) is 8. The molecule has 6 aliphatic heterocycles. The SMILES string of the molecule is CO[C@H]1C[C@H](O[C@H]2[C@H](C)O[C@H](O[C@H]3[C@H](C)O[C@H](OC4C(N(C)C)C(O)C5Oc6c(ccc7c6C(=O)c6c(O)c8c(c(O)c6C7=O)C(O[C@H]6C[C@H](N(C)C)[C@H](O)[C@H](C)O6)CC(C)(O)C8)C4(C)O5)C[C@@]3(C)N)C[C@@]2(C)N)O[C@@H](C)[C@H]1OC(=O)CCC(=O)O. The van der Waals surface area contributed by atoms with Crippen LogP contribution in [-0.4, -0.2) is 227 Å². The standard InChI is InChI=1S/C60H86N4O22/c1-24-45(68)31(63(9)10)18-36(76-24)80-33-21-57(5,74)20-29-40(33)48(71)42-43(47(29)70)49(72)41-28(46(42)69)14-15-30-52(41)85-56-50(73)44(64(11)12)55(60(30,8)86-56)84-39-23-59(7,62)54(27(4)79-39)83-38-22-58(6,61)53(26(3)78-38)82-37-19-32(75-13)51(25(2)77-37)81-35(67)17-16-34(65)66/h14-15,24-27,31-33,36-39,44-45,50-51,53-56,68,70-71,73-74H,16-23,61-62H2,1-13H3,(H,65,66)/t24-,25-,26-,27-,31-,32-,33?,36-,37-,38+,39+,44?,45+,50?,51+,53-,54-,55?,56?,57?,58+,59+,60?/m0/s1. The summed E-state index contributed by atoms with van der Waals surface area (Å²) in [6.07, 6.45) is -15.4. The molecule has 2 aliphatic carbocycles. The zero-order valence-corrected chi connectivity index (χ0v) is 51.0. The number of methoxy groups -OCH3 is 1. The fraction of sp³-hybridized carbons (Fsp3) is 0.733. The van der Waals surface area contributed by atoms with Crippen molar-refractivity contribution < 1.29 is 107 Å². The van der Waals surface area contributed by atoms with Crippen LogP contribution in [0, 0.1) is 0 Å². The first-order chi connectivity index (χ1) is 40.2. The van der Waals surface area contributed by atoms with Gasteiger partial charge in [0.2, 0.25) is 12.1 Å². The van der Waals surface area contributed by atoms with Gasteiger partial charge in [0.1, 0.15) is 53.4 Å². The maximum absolute atomic E-state index is 15.2. The predicted octanol–water partition coefficient (Wildman–Crippen LogP) is 2.10. The zero-order valence-electron chi connectivity index (χ0n) is 51.0. The lowest BCUT2D eigenvalue weighted by Crippen LogP contribution is -2.70. The Balaban J connectivity index is 0.862. The Morgan fingerprint density at radius 3 is 1.85 bits per heavy atom. The van der Waals surface area contributed by atoms with Crippen LogP contribution >= 0.6 is 0 Å². The number of ketones is 2. The van der Waals surface area contributed by atoms with E-state index in [9.17, 15) is 39.9 Å². The molecule has 10 rings (SSSR count). The van der Waals surface area contributed by atoms with Gasteiger partial charge in [-0.2, -0.15) is 0 Å². The molecular formula is C60H86N4O22. The number of carbonyl (C=O) groups is 4. The van der Waals surface area contributed by atoms with Crippen LogP contribution in [0.3, 0.4) is 0 Å². The van der Waals surface area contributed by atoms with Crippen molar-refractivity contribution in [2.24, 2.45) is 11.5 Å². The molecule has 8 aliphatic rings. The summed E-state index contributed by atoms with van der Waals surface area (Å²) < 4.78 is 76.2. The van der Waals surface area contributed by atoms with Gasteiger partial charge >= 0.3 is 11.9 Å². The number of nitrogens with two attached hydrogens (primary N) is 2. The topological polar surface area (TPSA) is 359 Å². The minimum absolute atomic E-state index is 0.00785. The fourth-order valence-electron chi connectivity index (χ4n) is 14.5. The van der Waals surface area contributed by atoms with Crippen molar-refractivity contribution in [1.82, 2.24) is 9.80 Å². The van der Waals surface area contributed by atoms with Crippen LogP contribution < -0.4 is 16.2 Å². The average molecular weight is 1220 g/mol. The molecule has 0 radical (unpaired) electrons. The van der Waals surface area contributed by atoms with Gasteiger partial charge in [0, 0.05) is 85.0 Å². The molecule has 0 saturated carbocycles. The quantitative estimate of drug-likeness (QED) is 0.0798. The van der Waals surface area contributed by atoms with E-state index in [0.29, 0.717) is 0 Å². The highest BCUT2D eigenvalue weighted by molar-refractivity contribution is 6.31. The minimum atomic E-state index is -1.53.